The number of carboxylic acids is 1. The van der Waals surface area contributed by atoms with E-state index < -0.39 is 17.7 Å². The molecule has 1 aliphatic carbocycles. The number of halogens is 2. The molecular formula is C13H10ClFN2O2S. The maximum Gasteiger partial charge on any atom is 0.312 e. The number of fused-ring (bicyclic) bond motifs is 1. The Bertz CT molecular complexity index is 669. The van der Waals surface area contributed by atoms with Gasteiger partial charge >= 0.3 is 5.97 Å². The third-order valence-corrected chi connectivity index (χ3v) is 4.57. The lowest BCUT2D eigenvalue weighted by Gasteiger charge is -2.06. The minimum Gasteiger partial charge on any atom is -0.481 e. The first-order chi connectivity index (χ1) is 9.56. The molecule has 3 rings (SSSR count). The number of carboxylic acid groups (broad SMARTS) is 1. The van der Waals surface area contributed by atoms with E-state index in [1.54, 1.807) is 6.07 Å². The summed E-state index contributed by atoms with van der Waals surface area (Å²) in [5.74, 6) is -1.90. The van der Waals surface area contributed by atoms with Crippen LogP contribution in [-0.2, 0) is 11.2 Å². The molecule has 0 radical (unpaired) electrons. The summed E-state index contributed by atoms with van der Waals surface area (Å²) in [6.07, 6.45) is 1.26. The number of anilines is 2. The van der Waals surface area contributed by atoms with Crippen LogP contribution in [0.4, 0.5) is 15.2 Å². The van der Waals surface area contributed by atoms with Gasteiger partial charge in [-0.3, -0.25) is 4.79 Å². The third-order valence-electron chi connectivity index (χ3n) is 3.21. The molecule has 0 bridgehead atoms. The molecule has 7 heteroatoms. The maximum atomic E-state index is 13.7. The first-order valence-corrected chi connectivity index (χ1v) is 7.19. The first-order valence-electron chi connectivity index (χ1n) is 5.99. The third kappa shape index (κ3) is 2.25. The van der Waals surface area contributed by atoms with Crippen LogP contribution in [0.1, 0.15) is 22.9 Å². The fraction of sp³-hybridized carbons (Fsp3) is 0.231. The summed E-state index contributed by atoms with van der Waals surface area (Å²) in [7, 11) is 0. The summed E-state index contributed by atoms with van der Waals surface area (Å²) in [6, 6.07) is 4.40. The quantitative estimate of drug-likeness (QED) is 0.905. The molecule has 1 heterocycles. The smallest absolute Gasteiger partial charge is 0.312 e. The van der Waals surface area contributed by atoms with Gasteiger partial charge in [0.05, 0.1) is 16.4 Å². The number of aromatic nitrogens is 1. The second-order valence-corrected chi connectivity index (χ2v) is 5.97. The van der Waals surface area contributed by atoms with E-state index in [4.69, 9.17) is 16.7 Å². The fourth-order valence-electron chi connectivity index (χ4n) is 2.25. The lowest BCUT2D eigenvalue weighted by Crippen LogP contribution is -2.08. The highest BCUT2D eigenvalue weighted by Gasteiger charge is 2.32. The molecule has 0 amide bonds. The van der Waals surface area contributed by atoms with Crippen LogP contribution >= 0.6 is 22.9 Å². The van der Waals surface area contributed by atoms with Crippen LogP contribution in [0.5, 0.6) is 0 Å². The summed E-state index contributed by atoms with van der Waals surface area (Å²) < 4.78 is 13.7. The van der Waals surface area contributed by atoms with Gasteiger partial charge in [-0.15, -0.1) is 11.3 Å². The number of aliphatic carboxylic acids is 1. The molecule has 1 aromatic carbocycles. The molecule has 1 unspecified atom stereocenters. The number of hydrogen-bond donors (Lipinski definition) is 2. The van der Waals surface area contributed by atoms with E-state index in [0.717, 1.165) is 4.88 Å². The van der Waals surface area contributed by atoms with Crippen LogP contribution in [0.25, 0.3) is 0 Å². The average molecular weight is 313 g/mol. The Hall–Kier alpha value is -1.66. The Kier molecular flexibility index (Phi) is 3.35. The zero-order valence-corrected chi connectivity index (χ0v) is 11.8. The Morgan fingerprint density at radius 2 is 2.35 bits per heavy atom. The Morgan fingerprint density at radius 1 is 1.55 bits per heavy atom. The van der Waals surface area contributed by atoms with E-state index in [2.05, 4.69) is 10.3 Å². The van der Waals surface area contributed by atoms with Gasteiger partial charge in [-0.1, -0.05) is 17.7 Å². The predicted octanol–water partition coefficient (Wildman–Crippen LogP) is 3.79. The van der Waals surface area contributed by atoms with Crippen molar-refractivity contribution in [2.24, 2.45) is 0 Å². The number of rotatable bonds is 3. The van der Waals surface area contributed by atoms with Crippen molar-refractivity contribution < 1.29 is 14.3 Å². The summed E-state index contributed by atoms with van der Waals surface area (Å²) in [5.41, 5.74) is 0.742. The van der Waals surface area contributed by atoms with E-state index >= 15 is 0 Å². The molecular weight excluding hydrogens is 303 g/mol. The first kappa shape index (κ1) is 13.3. The second kappa shape index (κ2) is 5.03. The van der Waals surface area contributed by atoms with E-state index in [1.807, 2.05) is 0 Å². The van der Waals surface area contributed by atoms with E-state index in [9.17, 15) is 9.18 Å². The standard InChI is InChI=1S/C13H10ClFN2O2S/c14-7-2-1-3-8(15)11(7)17-13-16-10-6(12(18)19)4-5-9(10)20-13/h1-3,6H,4-5H2,(H,16,17)(H,18,19). The van der Waals surface area contributed by atoms with Gasteiger partial charge in [0.15, 0.2) is 5.13 Å². The molecule has 2 N–H and O–H groups in total. The molecule has 1 aromatic heterocycles. The summed E-state index contributed by atoms with van der Waals surface area (Å²) >= 11 is 7.28. The number of aryl methyl sites for hydroxylation is 1. The van der Waals surface area contributed by atoms with Gasteiger partial charge in [-0.25, -0.2) is 9.37 Å². The largest absolute Gasteiger partial charge is 0.481 e. The number of para-hydroxylation sites is 1. The van der Waals surface area contributed by atoms with Crippen LogP contribution in [0.2, 0.25) is 5.02 Å². The molecule has 1 atom stereocenters. The fourth-order valence-corrected chi connectivity index (χ4v) is 3.50. The molecule has 20 heavy (non-hydrogen) atoms. The van der Waals surface area contributed by atoms with Gasteiger partial charge in [0.2, 0.25) is 0 Å². The minimum atomic E-state index is -0.871. The monoisotopic (exact) mass is 312 g/mol. The topological polar surface area (TPSA) is 62.2 Å². The SMILES string of the molecule is O=C(O)C1CCc2sc(Nc3c(F)cccc3Cl)nc21. The number of thiazole rings is 1. The molecule has 2 aromatic rings. The number of nitrogens with one attached hydrogen (secondary N) is 1. The molecule has 0 saturated heterocycles. The summed E-state index contributed by atoms with van der Waals surface area (Å²) in [4.78, 5) is 16.3. The molecule has 0 aliphatic heterocycles. The van der Waals surface area contributed by atoms with Gasteiger partial charge < -0.3 is 10.4 Å². The highest BCUT2D eigenvalue weighted by molar-refractivity contribution is 7.15. The van der Waals surface area contributed by atoms with Crippen molar-refractivity contribution in [1.82, 2.24) is 4.98 Å². The van der Waals surface area contributed by atoms with Gasteiger partial charge in [0.25, 0.3) is 0 Å². The summed E-state index contributed by atoms with van der Waals surface area (Å²) in [6.45, 7) is 0. The number of carbonyl (C=O) groups is 1. The van der Waals surface area contributed by atoms with Crippen LogP contribution in [-0.4, -0.2) is 16.1 Å². The molecule has 1 aliphatic rings. The van der Waals surface area contributed by atoms with Crippen molar-refractivity contribution in [2.75, 3.05) is 5.32 Å². The highest BCUT2D eigenvalue weighted by Crippen LogP contribution is 2.40. The van der Waals surface area contributed by atoms with Crippen LogP contribution in [0, 0.1) is 5.82 Å². The Morgan fingerprint density at radius 3 is 3.05 bits per heavy atom. The lowest BCUT2D eigenvalue weighted by molar-refractivity contribution is -0.138. The van der Waals surface area contributed by atoms with Crippen LogP contribution in [0.3, 0.4) is 0 Å². The molecule has 4 nitrogen and oxygen atoms in total. The second-order valence-electron chi connectivity index (χ2n) is 4.48. The zero-order chi connectivity index (χ0) is 14.3. The number of hydrogen-bond acceptors (Lipinski definition) is 4. The Labute approximate surface area is 123 Å². The summed E-state index contributed by atoms with van der Waals surface area (Å²) in [5, 5.41) is 12.7. The van der Waals surface area contributed by atoms with Gasteiger partial charge in [0, 0.05) is 4.88 Å². The van der Waals surface area contributed by atoms with E-state index in [-0.39, 0.29) is 10.7 Å². The molecule has 0 fully saturated rings. The lowest BCUT2D eigenvalue weighted by atomic mass is 10.1. The molecule has 104 valence electrons. The molecule has 0 spiro atoms. The maximum absolute atomic E-state index is 13.7. The van der Waals surface area contributed by atoms with Crippen molar-refractivity contribution in [3.8, 4) is 0 Å². The van der Waals surface area contributed by atoms with E-state index in [1.165, 1.54) is 23.5 Å². The number of benzene rings is 1. The number of nitrogens with zero attached hydrogens (tertiary/aromatic N) is 1. The highest BCUT2D eigenvalue weighted by atomic mass is 35.5. The van der Waals surface area contributed by atoms with Gasteiger partial charge in [0.1, 0.15) is 11.7 Å². The molecule has 0 saturated carbocycles. The van der Waals surface area contributed by atoms with Crippen molar-refractivity contribution in [3.05, 3.63) is 39.6 Å². The zero-order valence-electron chi connectivity index (χ0n) is 10.2. The van der Waals surface area contributed by atoms with Gasteiger partial charge in [-0.2, -0.15) is 0 Å². The van der Waals surface area contributed by atoms with Crippen LogP contribution in [0.15, 0.2) is 18.2 Å². The Balaban J connectivity index is 1.91. The minimum absolute atomic E-state index is 0.161. The average Bonchev–Trinajstić information content (AvgIpc) is 2.92. The van der Waals surface area contributed by atoms with Crippen molar-refractivity contribution in [2.45, 2.75) is 18.8 Å². The van der Waals surface area contributed by atoms with E-state index in [0.29, 0.717) is 23.7 Å². The predicted molar refractivity (Wildman–Crippen MR) is 75.5 cm³/mol. The normalized spacial score (nSPS) is 17.0. The van der Waals surface area contributed by atoms with Gasteiger partial charge in [-0.05, 0) is 25.0 Å². The van der Waals surface area contributed by atoms with Crippen molar-refractivity contribution in [1.29, 1.82) is 0 Å². The van der Waals surface area contributed by atoms with Crippen molar-refractivity contribution in [3.63, 3.8) is 0 Å². The van der Waals surface area contributed by atoms with Crippen LogP contribution < -0.4 is 5.32 Å². The van der Waals surface area contributed by atoms with Crippen molar-refractivity contribution >= 4 is 39.7 Å².